The zero-order chi connectivity index (χ0) is 43.2. The Balaban J connectivity index is 1.08. The van der Waals surface area contributed by atoms with E-state index >= 15 is 0 Å². The Morgan fingerprint density at radius 3 is 1.60 bits per heavy atom. The van der Waals surface area contributed by atoms with E-state index in [1.807, 2.05) is 0 Å². The van der Waals surface area contributed by atoms with Crippen molar-refractivity contribution in [3.8, 4) is 44.5 Å². The van der Waals surface area contributed by atoms with E-state index in [0.29, 0.717) is 0 Å². The Morgan fingerprint density at radius 2 is 0.908 bits per heavy atom. The molecular weight excluding hydrogens is 785 g/mol. The normalized spacial score (nSPS) is 14.9. The number of nitrogens with zero attached hydrogens (tertiary/aromatic N) is 2. The van der Waals surface area contributed by atoms with E-state index in [0.717, 1.165) is 38.8 Å². The summed E-state index contributed by atoms with van der Waals surface area (Å²) < 4.78 is 0. The summed E-state index contributed by atoms with van der Waals surface area (Å²) >= 11 is 0. The van der Waals surface area contributed by atoms with Crippen LogP contribution >= 0.6 is 0 Å². The predicted molar refractivity (Wildman–Crippen MR) is 276 cm³/mol. The number of rotatable bonds is 5. The molecule has 0 aromatic heterocycles. The third-order valence-corrected chi connectivity index (χ3v) is 15.0. The van der Waals surface area contributed by atoms with Gasteiger partial charge in [-0.2, -0.15) is 0 Å². The van der Waals surface area contributed by atoms with Gasteiger partial charge in [-0.15, -0.1) is 0 Å². The first kappa shape index (κ1) is 38.1. The number of para-hydroxylation sites is 2. The maximum absolute atomic E-state index is 2.56. The third-order valence-electron chi connectivity index (χ3n) is 15.0. The number of anilines is 4. The lowest BCUT2D eigenvalue weighted by Gasteiger charge is -2.32. The molecule has 0 amide bonds. The molecule has 0 saturated heterocycles. The maximum atomic E-state index is 2.56. The van der Waals surface area contributed by atoms with Crippen LogP contribution in [0.5, 0.6) is 0 Å². The van der Waals surface area contributed by atoms with Gasteiger partial charge >= 0.3 is 0 Å². The zero-order valence-electron chi connectivity index (χ0n) is 37.1. The Kier molecular flexibility index (Phi) is 8.68. The van der Waals surface area contributed by atoms with Gasteiger partial charge in [0.25, 0.3) is 0 Å². The van der Waals surface area contributed by atoms with E-state index < -0.39 is 0 Å². The van der Waals surface area contributed by atoms with Gasteiger partial charge in [-0.1, -0.05) is 153 Å². The Morgan fingerprint density at radius 1 is 0.369 bits per heavy atom. The number of aryl methyl sites for hydroxylation is 2. The Labute approximate surface area is 382 Å². The summed E-state index contributed by atoms with van der Waals surface area (Å²) in [5.41, 5.74) is 21.0. The molecular formula is C63H50N2. The minimum atomic E-state index is -0.0689. The molecule has 0 N–H and O–H groups in total. The molecule has 1 aliphatic carbocycles. The highest BCUT2D eigenvalue weighted by atomic mass is 15.1. The van der Waals surface area contributed by atoms with Gasteiger partial charge in [0, 0.05) is 41.3 Å². The standard InChI is InChI=1S/C63H50N2/c1-63(2)57-23-8-7-22-51(57)52-31-28-46(38-58(52)63)45-18-11-19-47(37-45)61-53-32-29-50(65-35-13-21-43-16-6-10-25-60(43)65)40-56(53)62(48-27-26-41-14-3-4-17-44(41)36-48)54-33-30-49(39-55(54)61)64-34-12-20-42-15-5-9-24-59(42)64/h3-11,14-19,22-33,36-40H,12-13,20-21,34-35H2,1-2H3. The molecule has 2 aliphatic heterocycles. The average molecular weight is 835 g/mol. The van der Waals surface area contributed by atoms with Crippen LogP contribution in [-0.4, -0.2) is 13.1 Å². The molecule has 2 heterocycles. The lowest BCUT2D eigenvalue weighted by Crippen LogP contribution is -2.24. The second-order valence-corrected chi connectivity index (χ2v) is 19.1. The summed E-state index contributed by atoms with van der Waals surface area (Å²) in [6, 6.07) is 74.0. The van der Waals surface area contributed by atoms with Gasteiger partial charge < -0.3 is 9.80 Å². The first-order valence-electron chi connectivity index (χ1n) is 23.6. The van der Waals surface area contributed by atoms with Crippen molar-refractivity contribution in [3.63, 3.8) is 0 Å². The molecule has 0 saturated carbocycles. The van der Waals surface area contributed by atoms with Crippen molar-refractivity contribution in [2.45, 2.75) is 44.9 Å². The summed E-state index contributed by atoms with van der Waals surface area (Å²) in [6.45, 7) is 6.75. The fourth-order valence-corrected chi connectivity index (χ4v) is 11.8. The quantitative estimate of drug-likeness (QED) is 0.159. The van der Waals surface area contributed by atoms with Crippen LogP contribution in [0.2, 0.25) is 0 Å². The van der Waals surface area contributed by atoms with Crippen LogP contribution in [0.1, 0.15) is 48.9 Å². The second kappa shape index (κ2) is 14.8. The first-order valence-corrected chi connectivity index (χ1v) is 23.6. The molecule has 312 valence electrons. The van der Waals surface area contributed by atoms with E-state index in [1.165, 1.54) is 122 Å². The van der Waals surface area contributed by atoms with E-state index in [4.69, 9.17) is 0 Å². The van der Waals surface area contributed by atoms with Gasteiger partial charge in [-0.3, -0.25) is 0 Å². The Hall–Kier alpha value is -7.42. The SMILES string of the molecule is CC1(C)c2ccccc2-c2ccc(-c3cccc(-c4c5ccc(N6CCCc7ccccc76)cc5c(-c5ccc6ccccc6c5)c5ccc(N6CCCc7ccccc76)cc45)c3)cc21. The van der Waals surface area contributed by atoms with E-state index in [-0.39, 0.29) is 5.41 Å². The molecule has 2 nitrogen and oxygen atoms in total. The van der Waals surface area contributed by atoms with E-state index in [2.05, 4.69) is 218 Å². The van der Waals surface area contributed by atoms with Gasteiger partial charge in [0.15, 0.2) is 0 Å². The van der Waals surface area contributed by atoms with Crippen molar-refractivity contribution in [1.29, 1.82) is 0 Å². The molecule has 0 radical (unpaired) electrons. The smallest absolute Gasteiger partial charge is 0.0443 e. The van der Waals surface area contributed by atoms with Crippen molar-refractivity contribution >= 4 is 55.1 Å². The predicted octanol–water partition coefficient (Wildman–Crippen LogP) is 16.6. The fraction of sp³-hybridized carbons (Fsp3) is 0.143. The van der Waals surface area contributed by atoms with Crippen molar-refractivity contribution in [1.82, 2.24) is 0 Å². The first-order chi connectivity index (χ1) is 32.0. The lowest BCUT2D eigenvalue weighted by atomic mass is 9.81. The topological polar surface area (TPSA) is 6.48 Å². The number of hydrogen-bond acceptors (Lipinski definition) is 2. The molecule has 3 aliphatic rings. The van der Waals surface area contributed by atoms with Crippen LogP contribution in [0, 0.1) is 0 Å². The summed E-state index contributed by atoms with van der Waals surface area (Å²) in [5, 5.41) is 7.62. The third kappa shape index (κ3) is 6.07. The maximum Gasteiger partial charge on any atom is 0.0443 e. The largest absolute Gasteiger partial charge is 0.341 e. The van der Waals surface area contributed by atoms with Gasteiger partial charge in [0.1, 0.15) is 0 Å². The van der Waals surface area contributed by atoms with Crippen LogP contribution in [0.25, 0.3) is 76.8 Å². The van der Waals surface area contributed by atoms with Crippen LogP contribution in [-0.2, 0) is 18.3 Å². The molecule has 0 atom stereocenters. The average Bonchev–Trinajstić information content (AvgIpc) is 3.59. The highest BCUT2D eigenvalue weighted by molar-refractivity contribution is 6.23. The highest BCUT2D eigenvalue weighted by Crippen LogP contribution is 2.51. The fourth-order valence-electron chi connectivity index (χ4n) is 11.8. The van der Waals surface area contributed by atoms with Crippen LogP contribution in [0.15, 0.2) is 194 Å². The molecule has 0 fully saturated rings. The van der Waals surface area contributed by atoms with Crippen LogP contribution < -0.4 is 9.80 Å². The summed E-state index contributed by atoms with van der Waals surface area (Å²) in [4.78, 5) is 5.11. The molecule has 10 aromatic carbocycles. The number of hydrogen-bond donors (Lipinski definition) is 0. The number of fused-ring (bicyclic) bond motifs is 8. The highest BCUT2D eigenvalue weighted by Gasteiger charge is 2.35. The van der Waals surface area contributed by atoms with Crippen LogP contribution in [0.3, 0.4) is 0 Å². The molecule has 2 heteroatoms. The van der Waals surface area contributed by atoms with Crippen LogP contribution in [0.4, 0.5) is 22.7 Å². The van der Waals surface area contributed by atoms with E-state index in [9.17, 15) is 0 Å². The summed E-state index contributed by atoms with van der Waals surface area (Å²) in [5.74, 6) is 0. The molecule has 0 bridgehead atoms. The van der Waals surface area contributed by atoms with Gasteiger partial charge in [0.2, 0.25) is 0 Å². The van der Waals surface area contributed by atoms with Gasteiger partial charge in [0.05, 0.1) is 0 Å². The minimum absolute atomic E-state index is 0.0689. The van der Waals surface area contributed by atoms with Crippen molar-refractivity contribution in [2.24, 2.45) is 0 Å². The molecule has 10 aromatic rings. The summed E-state index contributed by atoms with van der Waals surface area (Å²) in [7, 11) is 0. The Bertz CT molecular complexity index is 3560. The van der Waals surface area contributed by atoms with Crippen molar-refractivity contribution in [3.05, 3.63) is 216 Å². The van der Waals surface area contributed by atoms with Crippen molar-refractivity contribution in [2.75, 3.05) is 22.9 Å². The lowest BCUT2D eigenvalue weighted by molar-refractivity contribution is 0.660. The monoisotopic (exact) mass is 834 g/mol. The van der Waals surface area contributed by atoms with Gasteiger partial charge in [-0.25, -0.2) is 0 Å². The molecule has 0 spiro atoms. The zero-order valence-corrected chi connectivity index (χ0v) is 37.1. The summed E-state index contributed by atoms with van der Waals surface area (Å²) in [6.07, 6.45) is 4.50. The molecule has 13 rings (SSSR count). The molecule has 0 unspecified atom stereocenters. The van der Waals surface area contributed by atoms with E-state index in [1.54, 1.807) is 0 Å². The number of benzene rings is 10. The van der Waals surface area contributed by atoms with Gasteiger partial charge in [-0.05, 0) is 179 Å². The van der Waals surface area contributed by atoms with Crippen molar-refractivity contribution < 1.29 is 0 Å². The second-order valence-electron chi connectivity index (χ2n) is 19.1. The molecule has 65 heavy (non-hydrogen) atoms. The minimum Gasteiger partial charge on any atom is -0.341 e.